The van der Waals surface area contributed by atoms with Crippen LogP contribution in [0.5, 0.6) is 0 Å². The second-order valence-electron chi connectivity index (χ2n) is 7.04. The Morgan fingerprint density at radius 3 is 2.86 bits per heavy atom. The first-order chi connectivity index (χ1) is 13.9. The standard InChI is InChI=1S/C22H19ClFN3O2/c1-2-18(28)27-8-4-7-13-12(11-27)5-3-6-14(13)19-17(24)9-15(22(25)29)21-20(19)16(23)10-26-21/h2-3,5-6,9-10,26H,1,4,7-8,11H2,(H2,25,29). The molecular formula is C22H19ClFN3O2. The van der Waals surface area contributed by atoms with Crippen molar-refractivity contribution in [1.29, 1.82) is 0 Å². The van der Waals surface area contributed by atoms with Crippen LogP contribution in [0.4, 0.5) is 4.39 Å². The minimum atomic E-state index is -0.732. The van der Waals surface area contributed by atoms with Crippen LogP contribution in [0.25, 0.3) is 22.0 Å². The molecule has 0 bridgehead atoms. The van der Waals surface area contributed by atoms with Crippen molar-refractivity contribution in [2.75, 3.05) is 6.54 Å². The highest BCUT2D eigenvalue weighted by Gasteiger charge is 2.25. The highest BCUT2D eigenvalue weighted by atomic mass is 35.5. The monoisotopic (exact) mass is 411 g/mol. The summed E-state index contributed by atoms with van der Waals surface area (Å²) in [7, 11) is 0. The first kappa shape index (κ1) is 19.2. The van der Waals surface area contributed by atoms with Gasteiger partial charge in [0, 0.05) is 30.2 Å². The van der Waals surface area contributed by atoms with E-state index in [9.17, 15) is 9.59 Å². The van der Waals surface area contributed by atoms with Gasteiger partial charge in [-0.15, -0.1) is 0 Å². The summed E-state index contributed by atoms with van der Waals surface area (Å²) in [5, 5.41) is 0.740. The summed E-state index contributed by atoms with van der Waals surface area (Å²) in [5.41, 5.74) is 8.84. The van der Waals surface area contributed by atoms with Crippen molar-refractivity contribution in [3.8, 4) is 11.1 Å². The van der Waals surface area contributed by atoms with Gasteiger partial charge in [-0.25, -0.2) is 4.39 Å². The molecule has 7 heteroatoms. The molecule has 1 aromatic heterocycles. The maximum absolute atomic E-state index is 15.3. The van der Waals surface area contributed by atoms with Crippen LogP contribution >= 0.6 is 11.6 Å². The molecule has 5 nitrogen and oxygen atoms in total. The molecule has 2 aromatic carbocycles. The molecule has 148 valence electrons. The molecule has 3 N–H and O–H groups in total. The molecule has 2 amide bonds. The SMILES string of the molecule is C=CC(=O)N1CCCc2c(cccc2-c2c(F)cc(C(N)=O)c3[nH]cc(Cl)c23)C1. The van der Waals surface area contributed by atoms with Crippen LogP contribution in [0.2, 0.25) is 5.02 Å². The topological polar surface area (TPSA) is 79.2 Å². The van der Waals surface area contributed by atoms with E-state index in [1.54, 1.807) is 4.90 Å². The number of nitrogens with zero attached hydrogens (tertiary/aromatic N) is 1. The molecule has 1 aliphatic rings. The number of hydrogen-bond acceptors (Lipinski definition) is 2. The molecule has 1 aliphatic heterocycles. The van der Waals surface area contributed by atoms with E-state index in [0.717, 1.165) is 23.6 Å². The fourth-order valence-corrected chi connectivity index (χ4v) is 4.31. The molecule has 0 aliphatic carbocycles. The Hall–Kier alpha value is -3.12. The van der Waals surface area contributed by atoms with Gasteiger partial charge in [-0.1, -0.05) is 36.4 Å². The Kier molecular flexibility index (Phi) is 4.88. The third-order valence-electron chi connectivity index (χ3n) is 5.37. The van der Waals surface area contributed by atoms with Gasteiger partial charge in [-0.3, -0.25) is 9.59 Å². The smallest absolute Gasteiger partial charge is 0.250 e. The summed E-state index contributed by atoms with van der Waals surface area (Å²) in [6, 6.07) is 6.77. The van der Waals surface area contributed by atoms with Gasteiger partial charge in [0.15, 0.2) is 0 Å². The number of benzene rings is 2. The second-order valence-corrected chi connectivity index (χ2v) is 7.45. The number of nitrogens with two attached hydrogens (primary N) is 1. The molecule has 0 atom stereocenters. The molecule has 2 heterocycles. The number of amides is 2. The Bertz CT molecular complexity index is 1170. The molecule has 0 saturated heterocycles. The minimum Gasteiger partial charge on any atom is -0.366 e. The first-order valence-corrected chi connectivity index (χ1v) is 9.61. The molecule has 4 rings (SSSR count). The van der Waals surface area contributed by atoms with E-state index in [4.69, 9.17) is 17.3 Å². The molecule has 0 unspecified atom stereocenters. The van der Waals surface area contributed by atoms with Gasteiger partial charge in [-0.05, 0) is 41.7 Å². The van der Waals surface area contributed by atoms with Crippen molar-refractivity contribution in [2.24, 2.45) is 5.73 Å². The average molecular weight is 412 g/mol. The van der Waals surface area contributed by atoms with Crippen molar-refractivity contribution in [3.63, 3.8) is 0 Å². The van der Waals surface area contributed by atoms with Crippen molar-refractivity contribution >= 4 is 34.3 Å². The van der Waals surface area contributed by atoms with Gasteiger partial charge in [0.25, 0.3) is 5.91 Å². The van der Waals surface area contributed by atoms with Gasteiger partial charge < -0.3 is 15.6 Å². The number of halogens is 2. The highest BCUT2D eigenvalue weighted by molar-refractivity contribution is 6.37. The average Bonchev–Trinajstić information content (AvgIpc) is 2.95. The summed E-state index contributed by atoms with van der Waals surface area (Å²) < 4.78 is 15.3. The number of hydrogen-bond donors (Lipinski definition) is 2. The predicted molar refractivity (Wildman–Crippen MR) is 111 cm³/mol. The normalized spacial score (nSPS) is 13.8. The summed E-state index contributed by atoms with van der Waals surface area (Å²) in [4.78, 5) is 28.5. The Labute approximate surface area is 171 Å². The number of H-pyrrole nitrogens is 1. The lowest BCUT2D eigenvalue weighted by atomic mass is 9.90. The number of aromatic nitrogens is 1. The maximum atomic E-state index is 15.3. The zero-order chi connectivity index (χ0) is 20.7. The van der Waals surface area contributed by atoms with E-state index in [1.807, 2.05) is 18.2 Å². The van der Waals surface area contributed by atoms with Crippen LogP contribution < -0.4 is 5.73 Å². The number of nitrogens with one attached hydrogen (secondary N) is 1. The van der Waals surface area contributed by atoms with Gasteiger partial charge >= 0.3 is 0 Å². The summed E-state index contributed by atoms with van der Waals surface area (Å²) in [5.74, 6) is -1.43. The first-order valence-electron chi connectivity index (χ1n) is 9.23. The van der Waals surface area contributed by atoms with E-state index in [1.165, 1.54) is 12.3 Å². The lowest BCUT2D eigenvalue weighted by Crippen LogP contribution is -2.28. The van der Waals surface area contributed by atoms with Crippen LogP contribution in [-0.4, -0.2) is 28.2 Å². The van der Waals surface area contributed by atoms with Gasteiger partial charge in [0.1, 0.15) is 5.82 Å². The number of rotatable bonds is 3. The van der Waals surface area contributed by atoms with Crippen LogP contribution in [0.1, 0.15) is 27.9 Å². The zero-order valence-corrected chi connectivity index (χ0v) is 16.4. The molecule has 29 heavy (non-hydrogen) atoms. The van der Waals surface area contributed by atoms with Crippen molar-refractivity contribution in [1.82, 2.24) is 9.88 Å². The lowest BCUT2D eigenvalue weighted by Gasteiger charge is -2.19. The largest absolute Gasteiger partial charge is 0.366 e. The number of fused-ring (bicyclic) bond motifs is 2. The van der Waals surface area contributed by atoms with Crippen molar-refractivity contribution < 1.29 is 14.0 Å². The summed E-state index contributed by atoms with van der Waals surface area (Å²) >= 11 is 6.36. The van der Waals surface area contributed by atoms with Gasteiger partial charge in [0.05, 0.1) is 16.1 Å². The predicted octanol–water partition coefficient (Wildman–Crippen LogP) is 4.19. The van der Waals surface area contributed by atoms with E-state index in [-0.39, 0.29) is 11.5 Å². The maximum Gasteiger partial charge on any atom is 0.250 e. The van der Waals surface area contributed by atoms with Gasteiger partial charge in [-0.2, -0.15) is 0 Å². The van der Waals surface area contributed by atoms with E-state index < -0.39 is 11.7 Å². The van der Waals surface area contributed by atoms with Crippen molar-refractivity contribution in [2.45, 2.75) is 19.4 Å². The Morgan fingerprint density at radius 2 is 2.14 bits per heavy atom. The Balaban J connectivity index is 1.95. The molecule has 0 fully saturated rings. The molecular weight excluding hydrogens is 393 g/mol. The summed E-state index contributed by atoms with van der Waals surface area (Å²) in [6.45, 7) is 4.59. The number of carbonyl (C=O) groups excluding carboxylic acids is 2. The van der Waals surface area contributed by atoms with E-state index in [0.29, 0.717) is 46.6 Å². The van der Waals surface area contributed by atoms with Gasteiger partial charge in [0.2, 0.25) is 5.91 Å². The minimum absolute atomic E-state index is 0.0536. The third kappa shape index (κ3) is 3.19. The fourth-order valence-electron chi connectivity index (χ4n) is 4.07. The fraction of sp³-hybridized carbons (Fsp3) is 0.182. The highest BCUT2D eigenvalue weighted by Crippen LogP contribution is 2.40. The molecule has 3 aromatic rings. The van der Waals surface area contributed by atoms with E-state index in [2.05, 4.69) is 11.6 Å². The zero-order valence-electron chi connectivity index (χ0n) is 15.6. The molecule has 0 saturated carbocycles. The number of carbonyl (C=O) groups is 2. The van der Waals surface area contributed by atoms with Crippen LogP contribution in [0.15, 0.2) is 43.1 Å². The van der Waals surface area contributed by atoms with Crippen LogP contribution in [0.3, 0.4) is 0 Å². The number of aromatic amines is 1. The van der Waals surface area contributed by atoms with E-state index >= 15 is 4.39 Å². The lowest BCUT2D eigenvalue weighted by molar-refractivity contribution is -0.126. The molecule has 0 spiro atoms. The quantitative estimate of drug-likeness (QED) is 0.634. The third-order valence-corrected chi connectivity index (χ3v) is 5.67. The van der Waals surface area contributed by atoms with Crippen LogP contribution in [0, 0.1) is 5.82 Å². The van der Waals surface area contributed by atoms with Crippen LogP contribution in [-0.2, 0) is 17.8 Å². The second kappa shape index (κ2) is 7.37. The summed E-state index contributed by atoms with van der Waals surface area (Å²) in [6.07, 6.45) is 4.26. The Morgan fingerprint density at radius 1 is 1.34 bits per heavy atom. The number of primary amides is 1. The molecule has 0 radical (unpaired) electrons. The van der Waals surface area contributed by atoms with Crippen molar-refractivity contribution in [3.05, 3.63) is 70.6 Å².